The molecule has 0 aromatic carbocycles. The Kier molecular flexibility index (Phi) is 1.39. The third-order valence-electron chi connectivity index (χ3n) is 3.42. The van der Waals surface area contributed by atoms with Gasteiger partial charge in [0.2, 0.25) is 0 Å². The summed E-state index contributed by atoms with van der Waals surface area (Å²) < 4.78 is 5.27. The van der Waals surface area contributed by atoms with Crippen molar-refractivity contribution in [1.29, 1.82) is 0 Å². The van der Waals surface area contributed by atoms with Crippen molar-refractivity contribution < 1.29 is 4.74 Å². The molecule has 4 heteroatoms. The van der Waals surface area contributed by atoms with Crippen LogP contribution >= 0.6 is 0 Å². The van der Waals surface area contributed by atoms with E-state index in [0.717, 1.165) is 12.8 Å². The Morgan fingerprint density at radius 2 is 2.08 bits per heavy atom. The molecule has 2 unspecified atom stereocenters. The first-order chi connectivity index (χ1) is 6.26. The van der Waals surface area contributed by atoms with Crippen molar-refractivity contribution >= 4 is 6.02 Å². The van der Waals surface area contributed by atoms with Crippen LogP contribution in [0.15, 0.2) is 4.99 Å². The zero-order valence-corrected chi connectivity index (χ0v) is 7.62. The molecule has 0 aliphatic carbocycles. The third-order valence-corrected chi connectivity index (χ3v) is 3.42. The summed E-state index contributed by atoms with van der Waals surface area (Å²) in [4.78, 5) is 4.45. The largest absolute Gasteiger partial charge is 0.463 e. The average Bonchev–Trinajstić information content (AvgIpc) is 2.58. The van der Waals surface area contributed by atoms with E-state index in [1.54, 1.807) is 0 Å². The van der Waals surface area contributed by atoms with E-state index >= 15 is 0 Å². The highest BCUT2D eigenvalue weighted by atomic mass is 16.5. The van der Waals surface area contributed by atoms with Gasteiger partial charge in [-0.3, -0.25) is 0 Å². The Balaban J connectivity index is 1.86. The normalized spacial score (nSPS) is 47.8. The molecule has 3 aliphatic heterocycles. The van der Waals surface area contributed by atoms with E-state index < -0.39 is 0 Å². The molecular formula is C9H15N3O. The van der Waals surface area contributed by atoms with Crippen LogP contribution in [0, 0.1) is 0 Å². The molecule has 0 amide bonds. The predicted molar refractivity (Wildman–Crippen MR) is 49.5 cm³/mol. The van der Waals surface area contributed by atoms with E-state index in [-0.39, 0.29) is 5.54 Å². The summed E-state index contributed by atoms with van der Waals surface area (Å²) in [6.45, 7) is 0.702. The van der Waals surface area contributed by atoms with Gasteiger partial charge in [0.15, 0.2) is 0 Å². The number of aliphatic imine (C=N–C) groups is 1. The standard InChI is InChI=1S/C9H15N3O/c10-8-12-9(5-13-8)3-6-1-2-7(4-9)11-6/h6-7,11H,1-5H2,(H2,10,12). The second-order valence-electron chi connectivity index (χ2n) is 4.51. The number of nitrogens with zero attached hydrogens (tertiary/aromatic N) is 1. The van der Waals surface area contributed by atoms with Gasteiger partial charge in [-0.1, -0.05) is 0 Å². The highest BCUT2D eigenvalue weighted by molar-refractivity contribution is 5.73. The minimum Gasteiger partial charge on any atom is -0.463 e. The molecule has 4 nitrogen and oxygen atoms in total. The molecule has 1 spiro atoms. The number of nitrogens with one attached hydrogen (secondary N) is 1. The van der Waals surface area contributed by atoms with Crippen molar-refractivity contribution in [2.24, 2.45) is 10.7 Å². The SMILES string of the molecule is NC1=NC2(CO1)CC1CCC(C2)N1. The first kappa shape index (κ1) is 7.62. The van der Waals surface area contributed by atoms with E-state index in [4.69, 9.17) is 10.5 Å². The summed E-state index contributed by atoms with van der Waals surface area (Å²) in [7, 11) is 0. The number of hydrogen-bond donors (Lipinski definition) is 2. The zero-order chi connectivity index (χ0) is 8.89. The molecule has 2 atom stereocenters. The second-order valence-corrected chi connectivity index (χ2v) is 4.51. The number of hydrogen-bond acceptors (Lipinski definition) is 4. The maximum Gasteiger partial charge on any atom is 0.282 e. The molecule has 3 N–H and O–H groups in total. The number of ether oxygens (including phenoxy) is 1. The Bertz CT molecular complexity index is 252. The lowest BCUT2D eigenvalue weighted by atomic mass is 9.86. The Hall–Kier alpha value is -0.770. The lowest BCUT2D eigenvalue weighted by Gasteiger charge is -2.34. The Labute approximate surface area is 77.5 Å². The van der Waals surface area contributed by atoms with Crippen LogP contribution in [-0.4, -0.2) is 30.3 Å². The lowest BCUT2D eigenvalue weighted by molar-refractivity contribution is 0.185. The minimum atomic E-state index is 0.0289. The molecule has 72 valence electrons. The molecule has 2 fully saturated rings. The summed E-state index contributed by atoms with van der Waals surface area (Å²) in [5.74, 6) is 0. The lowest BCUT2D eigenvalue weighted by Crippen LogP contribution is -2.48. The predicted octanol–water partition coefficient (Wildman–Crippen LogP) is -0.0155. The number of nitrogens with two attached hydrogens (primary N) is 1. The number of piperidine rings is 1. The molecule has 2 bridgehead atoms. The molecule has 0 aromatic rings. The van der Waals surface area contributed by atoms with Gasteiger partial charge < -0.3 is 15.8 Å². The molecule has 0 aromatic heterocycles. The second kappa shape index (κ2) is 2.38. The van der Waals surface area contributed by atoms with Crippen LogP contribution in [0.4, 0.5) is 0 Å². The zero-order valence-electron chi connectivity index (χ0n) is 7.62. The fourth-order valence-corrected chi connectivity index (χ4v) is 2.94. The van der Waals surface area contributed by atoms with Crippen LogP contribution in [0.1, 0.15) is 25.7 Å². The fourth-order valence-electron chi connectivity index (χ4n) is 2.94. The summed E-state index contributed by atoms with van der Waals surface area (Å²) >= 11 is 0. The molecule has 3 heterocycles. The monoisotopic (exact) mass is 181 g/mol. The highest BCUT2D eigenvalue weighted by Gasteiger charge is 2.46. The smallest absolute Gasteiger partial charge is 0.282 e. The van der Waals surface area contributed by atoms with Crippen LogP contribution in [0.2, 0.25) is 0 Å². The van der Waals surface area contributed by atoms with Crippen molar-refractivity contribution in [2.45, 2.75) is 43.3 Å². The number of amidine groups is 1. The van der Waals surface area contributed by atoms with E-state index in [1.807, 2.05) is 0 Å². The molecule has 0 radical (unpaired) electrons. The topological polar surface area (TPSA) is 59.6 Å². The summed E-state index contributed by atoms with van der Waals surface area (Å²) in [5.41, 5.74) is 5.59. The third kappa shape index (κ3) is 1.12. The molecule has 0 saturated carbocycles. The van der Waals surface area contributed by atoms with Crippen LogP contribution in [0.25, 0.3) is 0 Å². The molecule has 2 saturated heterocycles. The summed E-state index contributed by atoms with van der Waals surface area (Å²) in [5, 5.41) is 3.59. The fraction of sp³-hybridized carbons (Fsp3) is 0.889. The van der Waals surface area contributed by atoms with E-state index in [9.17, 15) is 0 Å². The van der Waals surface area contributed by atoms with Crippen molar-refractivity contribution in [3.05, 3.63) is 0 Å². The van der Waals surface area contributed by atoms with Crippen LogP contribution in [0.5, 0.6) is 0 Å². The van der Waals surface area contributed by atoms with Crippen LogP contribution in [0.3, 0.4) is 0 Å². The first-order valence-corrected chi connectivity index (χ1v) is 5.00. The highest BCUT2D eigenvalue weighted by Crippen LogP contribution is 2.38. The molecular weight excluding hydrogens is 166 g/mol. The minimum absolute atomic E-state index is 0.0289. The van der Waals surface area contributed by atoms with Gasteiger partial charge in [-0.15, -0.1) is 0 Å². The Morgan fingerprint density at radius 1 is 1.38 bits per heavy atom. The van der Waals surface area contributed by atoms with Gasteiger partial charge in [0.25, 0.3) is 6.02 Å². The van der Waals surface area contributed by atoms with E-state index in [0.29, 0.717) is 24.7 Å². The van der Waals surface area contributed by atoms with Gasteiger partial charge in [0.05, 0.1) is 0 Å². The summed E-state index contributed by atoms with van der Waals surface area (Å²) in [6.07, 6.45) is 4.79. The van der Waals surface area contributed by atoms with Crippen LogP contribution < -0.4 is 11.1 Å². The summed E-state index contributed by atoms with van der Waals surface area (Å²) in [6, 6.07) is 1.69. The van der Waals surface area contributed by atoms with Crippen molar-refractivity contribution in [3.63, 3.8) is 0 Å². The van der Waals surface area contributed by atoms with Crippen LogP contribution in [-0.2, 0) is 4.74 Å². The van der Waals surface area contributed by atoms with Gasteiger partial charge in [-0.25, -0.2) is 4.99 Å². The Morgan fingerprint density at radius 3 is 2.62 bits per heavy atom. The van der Waals surface area contributed by atoms with E-state index in [1.165, 1.54) is 12.8 Å². The molecule has 13 heavy (non-hydrogen) atoms. The number of fused-ring (bicyclic) bond motifs is 2. The average molecular weight is 181 g/mol. The van der Waals surface area contributed by atoms with Crippen molar-refractivity contribution in [1.82, 2.24) is 5.32 Å². The van der Waals surface area contributed by atoms with E-state index in [2.05, 4.69) is 10.3 Å². The van der Waals surface area contributed by atoms with Crippen molar-refractivity contribution in [2.75, 3.05) is 6.61 Å². The van der Waals surface area contributed by atoms with Gasteiger partial charge in [0.1, 0.15) is 12.1 Å². The maximum absolute atomic E-state index is 5.56. The maximum atomic E-state index is 5.56. The molecule has 3 aliphatic rings. The number of rotatable bonds is 0. The quantitative estimate of drug-likeness (QED) is 0.552. The molecule has 3 rings (SSSR count). The van der Waals surface area contributed by atoms with Gasteiger partial charge in [-0.05, 0) is 25.7 Å². The van der Waals surface area contributed by atoms with Gasteiger partial charge in [0, 0.05) is 12.1 Å². The van der Waals surface area contributed by atoms with Crippen molar-refractivity contribution in [3.8, 4) is 0 Å². The van der Waals surface area contributed by atoms with Gasteiger partial charge >= 0.3 is 0 Å². The first-order valence-electron chi connectivity index (χ1n) is 5.00. The van der Waals surface area contributed by atoms with Gasteiger partial charge in [-0.2, -0.15) is 0 Å².